The number of amides is 1. The van der Waals surface area contributed by atoms with Crippen LogP contribution in [0.5, 0.6) is 0 Å². The molecule has 1 amide bonds. The lowest BCUT2D eigenvalue weighted by Crippen LogP contribution is -2.33. The topological polar surface area (TPSA) is 63.7 Å². The molecule has 0 heterocycles. The minimum atomic E-state index is -1.10. The Balaban J connectivity index is 2.32. The third-order valence-electron chi connectivity index (χ3n) is 3.49. The Kier molecular flexibility index (Phi) is 6.71. The fourth-order valence-corrected chi connectivity index (χ4v) is 2.46. The van der Waals surface area contributed by atoms with E-state index in [1.165, 1.54) is 41.3 Å². The van der Waals surface area contributed by atoms with E-state index in [9.17, 15) is 18.8 Å². The molecule has 0 bridgehead atoms. The average Bonchev–Trinajstić information content (AvgIpc) is 2.62. The second-order valence-corrected chi connectivity index (χ2v) is 6.11. The monoisotopic (exact) mass is 397 g/mol. The zero-order valence-corrected chi connectivity index (χ0v) is 15.2. The van der Waals surface area contributed by atoms with Crippen LogP contribution in [-0.4, -0.2) is 24.8 Å². The highest BCUT2D eigenvalue weighted by Crippen LogP contribution is 2.28. The molecule has 0 spiro atoms. The number of Topliss-reactive ketones (excluding diaryl/α,β-unsaturated/α-hetero) is 1. The van der Waals surface area contributed by atoms with Gasteiger partial charge >= 0.3 is 5.97 Å². The number of hydrogen-bond donors (Lipinski definition) is 0. The van der Waals surface area contributed by atoms with Gasteiger partial charge in [-0.05, 0) is 35.9 Å². The van der Waals surface area contributed by atoms with Gasteiger partial charge in [0.05, 0.1) is 30.1 Å². The Morgan fingerprint density at radius 2 is 1.69 bits per heavy atom. The number of ketones is 1. The fraction of sp³-hybridized carbons (Fsp3) is 0.167. The molecule has 0 fully saturated rings. The Bertz CT molecular complexity index is 840. The molecule has 0 unspecified atom stereocenters. The first kappa shape index (κ1) is 19.9. The van der Waals surface area contributed by atoms with Crippen LogP contribution in [-0.2, 0) is 25.7 Å². The number of carbonyl (C=O) groups excluding carboxylic acids is 3. The van der Waals surface area contributed by atoms with Crippen molar-refractivity contribution in [1.82, 2.24) is 0 Å². The maximum atomic E-state index is 13.1. The van der Waals surface area contributed by atoms with Crippen LogP contribution in [0.3, 0.4) is 0 Å². The van der Waals surface area contributed by atoms with Crippen LogP contribution in [0.25, 0.3) is 0 Å². The summed E-state index contributed by atoms with van der Waals surface area (Å²) < 4.78 is 17.4. The molecule has 0 aliphatic heterocycles. The van der Waals surface area contributed by atoms with Crippen LogP contribution in [0.4, 0.5) is 10.1 Å². The summed E-state index contributed by atoms with van der Waals surface area (Å²) in [6.45, 7) is 0.0472. The number of hydrogen-bond acceptors (Lipinski definition) is 4. The minimum Gasteiger partial charge on any atom is -0.463 e. The van der Waals surface area contributed by atoms with Gasteiger partial charge in [-0.15, -0.1) is 0 Å². The van der Waals surface area contributed by atoms with E-state index in [-0.39, 0.29) is 11.6 Å². The molecular weight excluding hydrogens is 384 g/mol. The molecule has 0 atom stereocenters. The SMILES string of the molecule is COC(=O)C(=O)CC(=O)N(Cc1ccc(F)cc1)c1ccc(Cl)c(Cl)c1. The summed E-state index contributed by atoms with van der Waals surface area (Å²) in [5.74, 6) is -3.12. The number of carbonyl (C=O) groups is 3. The molecule has 0 N–H and O–H groups in total. The average molecular weight is 398 g/mol. The van der Waals surface area contributed by atoms with Crippen molar-refractivity contribution >= 4 is 46.5 Å². The molecule has 8 heteroatoms. The number of anilines is 1. The van der Waals surface area contributed by atoms with E-state index in [0.29, 0.717) is 16.3 Å². The third kappa shape index (κ3) is 5.03. The van der Waals surface area contributed by atoms with Crippen molar-refractivity contribution in [1.29, 1.82) is 0 Å². The molecule has 5 nitrogen and oxygen atoms in total. The van der Waals surface area contributed by atoms with E-state index in [1.54, 1.807) is 6.07 Å². The maximum absolute atomic E-state index is 13.1. The summed E-state index contributed by atoms with van der Waals surface area (Å²) >= 11 is 11.9. The highest BCUT2D eigenvalue weighted by atomic mass is 35.5. The predicted molar refractivity (Wildman–Crippen MR) is 95.7 cm³/mol. The normalized spacial score (nSPS) is 10.3. The third-order valence-corrected chi connectivity index (χ3v) is 4.23. The van der Waals surface area contributed by atoms with Crippen LogP contribution >= 0.6 is 23.2 Å². The number of methoxy groups -OCH3 is 1. The van der Waals surface area contributed by atoms with Crippen LogP contribution in [0.1, 0.15) is 12.0 Å². The number of nitrogens with zero attached hydrogens (tertiary/aromatic N) is 1. The van der Waals surface area contributed by atoms with Gasteiger partial charge in [0.25, 0.3) is 0 Å². The highest BCUT2D eigenvalue weighted by molar-refractivity contribution is 6.42. The molecule has 136 valence electrons. The summed E-state index contributed by atoms with van der Waals surface area (Å²) in [7, 11) is 1.06. The second-order valence-electron chi connectivity index (χ2n) is 5.30. The van der Waals surface area contributed by atoms with E-state index in [2.05, 4.69) is 4.74 Å². The smallest absolute Gasteiger partial charge is 0.374 e. The second kappa shape index (κ2) is 8.78. The maximum Gasteiger partial charge on any atom is 0.374 e. The molecule has 26 heavy (non-hydrogen) atoms. The molecule has 0 radical (unpaired) electrons. The zero-order valence-electron chi connectivity index (χ0n) is 13.7. The molecule has 0 aliphatic rings. The van der Waals surface area contributed by atoms with Gasteiger partial charge in [-0.2, -0.15) is 0 Å². The quantitative estimate of drug-likeness (QED) is 0.422. The number of halogens is 3. The number of benzene rings is 2. The van der Waals surface area contributed by atoms with Gasteiger partial charge in [-0.25, -0.2) is 9.18 Å². The van der Waals surface area contributed by atoms with Gasteiger partial charge < -0.3 is 9.64 Å². The zero-order chi connectivity index (χ0) is 19.3. The highest BCUT2D eigenvalue weighted by Gasteiger charge is 2.24. The summed E-state index contributed by atoms with van der Waals surface area (Å²) in [4.78, 5) is 36.8. The summed E-state index contributed by atoms with van der Waals surface area (Å²) in [6.07, 6.45) is -0.673. The Morgan fingerprint density at radius 3 is 2.27 bits per heavy atom. The molecule has 2 aromatic rings. The van der Waals surface area contributed by atoms with Crippen molar-refractivity contribution in [3.63, 3.8) is 0 Å². The van der Waals surface area contributed by atoms with E-state index in [1.807, 2.05) is 0 Å². The molecule has 0 saturated carbocycles. The van der Waals surface area contributed by atoms with Gasteiger partial charge in [-0.3, -0.25) is 9.59 Å². The van der Waals surface area contributed by atoms with Gasteiger partial charge in [0.2, 0.25) is 11.7 Å². The number of ether oxygens (including phenoxy) is 1. The number of rotatable bonds is 6. The lowest BCUT2D eigenvalue weighted by Gasteiger charge is -2.23. The van der Waals surface area contributed by atoms with Crippen molar-refractivity contribution in [2.75, 3.05) is 12.0 Å². The summed E-state index contributed by atoms with van der Waals surface area (Å²) in [6, 6.07) is 10.1. The van der Waals surface area contributed by atoms with E-state index in [0.717, 1.165) is 7.11 Å². The first-order chi connectivity index (χ1) is 12.3. The van der Waals surface area contributed by atoms with Crippen molar-refractivity contribution in [3.05, 3.63) is 63.9 Å². The van der Waals surface area contributed by atoms with Crippen LogP contribution in [0, 0.1) is 5.82 Å². The molecule has 0 aromatic heterocycles. The first-order valence-corrected chi connectivity index (χ1v) is 8.18. The van der Waals surface area contributed by atoms with Crippen molar-refractivity contribution in [3.8, 4) is 0 Å². The van der Waals surface area contributed by atoms with Gasteiger partial charge in [0.1, 0.15) is 5.82 Å². The first-order valence-electron chi connectivity index (χ1n) is 7.43. The van der Waals surface area contributed by atoms with E-state index < -0.39 is 29.9 Å². The molecule has 2 aromatic carbocycles. The van der Waals surface area contributed by atoms with E-state index >= 15 is 0 Å². The van der Waals surface area contributed by atoms with Crippen molar-refractivity contribution in [2.45, 2.75) is 13.0 Å². The van der Waals surface area contributed by atoms with Gasteiger partial charge in [-0.1, -0.05) is 35.3 Å². The van der Waals surface area contributed by atoms with Crippen LogP contribution in [0.15, 0.2) is 42.5 Å². The summed E-state index contributed by atoms with van der Waals surface area (Å²) in [5, 5.41) is 0.524. The minimum absolute atomic E-state index is 0.0472. The lowest BCUT2D eigenvalue weighted by atomic mass is 10.1. The van der Waals surface area contributed by atoms with Crippen molar-refractivity contribution < 1.29 is 23.5 Å². The predicted octanol–water partition coefficient (Wildman–Crippen LogP) is 3.80. The molecular formula is C18H14Cl2FNO4. The lowest BCUT2D eigenvalue weighted by molar-refractivity contribution is -0.152. The Labute approximate surface area is 159 Å². The molecule has 2 rings (SSSR count). The van der Waals surface area contributed by atoms with E-state index in [4.69, 9.17) is 23.2 Å². The fourth-order valence-electron chi connectivity index (χ4n) is 2.17. The van der Waals surface area contributed by atoms with Crippen LogP contribution in [0.2, 0.25) is 10.0 Å². The van der Waals surface area contributed by atoms with Crippen molar-refractivity contribution in [2.24, 2.45) is 0 Å². The standard InChI is InChI=1S/C18H14Cl2FNO4/c1-26-18(25)16(23)9-17(24)22(10-11-2-4-12(21)5-3-11)13-6-7-14(19)15(20)8-13/h2-8H,9-10H2,1H3. The Morgan fingerprint density at radius 1 is 1.04 bits per heavy atom. The van der Waals surface area contributed by atoms with Crippen LogP contribution < -0.4 is 4.90 Å². The van der Waals surface area contributed by atoms with Gasteiger partial charge in [0.15, 0.2) is 0 Å². The molecule has 0 saturated heterocycles. The molecule has 0 aliphatic carbocycles. The van der Waals surface area contributed by atoms with Gasteiger partial charge in [0, 0.05) is 5.69 Å². The Hall–Kier alpha value is -2.44. The summed E-state index contributed by atoms with van der Waals surface area (Å²) in [5.41, 5.74) is 1.00. The number of esters is 1. The largest absolute Gasteiger partial charge is 0.463 e.